The van der Waals surface area contributed by atoms with E-state index in [0.717, 1.165) is 44.0 Å². The zero-order valence-electron chi connectivity index (χ0n) is 17.6. The van der Waals surface area contributed by atoms with Crippen LogP contribution in [0.3, 0.4) is 0 Å². The molecule has 1 heterocycles. The van der Waals surface area contributed by atoms with E-state index in [1.54, 1.807) is 6.07 Å². The van der Waals surface area contributed by atoms with Gasteiger partial charge >= 0.3 is 0 Å². The molecule has 1 saturated heterocycles. The molecule has 1 amide bonds. The lowest BCUT2D eigenvalue weighted by atomic mass is 10.1. The summed E-state index contributed by atoms with van der Waals surface area (Å²) in [4.78, 5) is 17.2. The summed E-state index contributed by atoms with van der Waals surface area (Å²) in [5.41, 5.74) is 3.18. The van der Waals surface area contributed by atoms with Gasteiger partial charge in [0.2, 0.25) is 0 Å². The van der Waals surface area contributed by atoms with E-state index in [4.69, 9.17) is 9.47 Å². The molecular formula is C23H31N3O3. The summed E-state index contributed by atoms with van der Waals surface area (Å²) in [7, 11) is 0. The second-order valence-electron chi connectivity index (χ2n) is 7.14. The maximum Gasteiger partial charge on any atom is 0.262 e. The van der Waals surface area contributed by atoms with Crippen molar-refractivity contribution in [3.8, 4) is 11.5 Å². The number of anilines is 2. The lowest BCUT2D eigenvalue weighted by molar-refractivity contribution is -0.118. The number of carbonyl (C=O) groups is 1. The van der Waals surface area contributed by atoms with Gasteiger partial charge in [0, 0.05) is 37.6 Å². The van der Waals surface area contributed by atoms with E-state index in [1.165, 1.54) is 5.69 Å². The Hall–Kier alpha value is -2.73. The van der Waals surface area contributed by atoms with Crippen molar-refractivity contribution >= 4 is 17.3 Å². The standard InChI is InChI=1S/C23H31N3O3/c1-4-25-12-14-26(15-13-25)20-11-10-19(16-18(20)3)24-23(27)17-29-22-9-7-6-8-21(22)28-5-2/h6-11,16H,4-5,12-15,17H2,1-3H3,(H,24,27). The molecule has 0 unspecified atom stereocenters. The molecule has 1 aliphatic heterocycles. The Morgan fingerprint density at radius 1 is 1.00 bits per heavy atom. The largest absolute Gasteiger partial charge is 0.490 e. The molecule has 0 atom stereocenters. The molecule has 6 nitrogen and oxygen atoms in total. The molecule has 1 N–H and O–H groups in total. The molecule has 0 aliphatic carbocycles. The van der Waals surface area contributed by atoms with Gasteiger partial charge in [0.15, 0.2) is 18.1 Å². The van der Waals surface area contributed by atoms with Crippen LogP contribution < -0.4 is 19.7 Å². The van der Waals surface area contributed by atoms with Crippen LogP contribution in [0.1, 0.15) is 19.4 Å². The van der Waals surface area contributed by atoms with Crippen molar-refractivity contribution in [3.05, 3.63) is 48.0 Å². The number of hydrogen-bond donors (Lipinski definition) is 1. The van der Waals surface area contributed by atoms with Crippen LogP contribution >= 0.6 is 0 Å². The third kappa shape index (κ3) is 5.64. The number of likely N-dealkylation sites (N-methyl/N-ethyl adjacent to an activating group) is 1. The summed E-state index contributed by atoms with van der Waals surface area (Å²) in [6.45, 7) is 12.1. The van der Waals surface area contributed by atoms with E-state index in [2.05, 4.69) is 35.0 Å². The topological polar surface area (TPSA) is 54.0 Å². The first-order valence-electron chi connectivity index (χ1n) is 10.3. The van der Waals surface area contributed by atoms with Crippen molar-refractivity contribution in [1.29, 1.82) is 0 Å². The average molecular weight is 398 g/mol. The number of aryl methyl sites for hydroxylation is 1. The van der Waals surface area contributed by atoms with E-state index in [1.807, 2.05) is 37.3 Å². The molecule has 2 aromatic carbocycles. The van der Waals surface area contributed by atoms with Crippen molar-refractivity contribution in [2.45, 2.75) is 20.8 Å². The van der Waals surface area contributed by atoms with Crippen molar-refractivity contribution in [1.82, 2.24) is 4.90 Å². The number of carbonyl (C=O) groups excluding carboxylic acids is 1. The maximum atomic E-state index is 12.3. The molecular weight excluding hydrogens is 366 g/mol. The van der Waals surface area contributed by atoms with Crippen LogP contribution in [0.2, 0.25) is 0 Å². The first-order valence-corrected chi connectivity index (χ1v) is 10.3. The Bertz CT molecular complexity index is 817. The van der Waals surface area contributed by atoms with Crippen LogP contribution in [0.15, 0.2) is 42.5 Å². The van der Waals surface area contributed by atoms with Crippen molar-refractivity contribution in [3.63, 3.8) is 0 Å². The van der Waals surface area contributed by atoms with Crippen LogP contribution in [0.25, 0.3) is 0 Å². The van der Waals surface area contributed by atoms with Gasteiger partial charge in [-0.05, 0) is 56.3 Å². The van der Waals surface area contributed by atoms with E-state index >= 15 is 0 Å². The molecule has 156 valence electrons. The zero-order chi connectivity index (χ0) is 20.6. The Labute approximate surface area is 173 Å². The zero-order valence-corrected chi connectivity index (χ0v) is 17.6. The smallest absolute Gasteiger partial charge is 0.262 e. The van der Waals surface area contributed by atoms with Gasteiger partial charge in [-0.2, -0.15) is 0 Å². The minimum absolute atomic E-state index is 0.0656. The van der Waals surface area contributed by atoms with E-state index in [-0.39, 0.29) is 12.5 Å². The molecule has 29 heavy (non-hydrogen) atoms. The molecule has 1 fully saturated rings. The van der Waals surface area contributed by atoms with Gasteiger partial charge in [-0.25, -0.2) is 0 Å². The Kier molecular flexibility index (Phi) is 7.36. The Balaban J connectivity index is 1.55. The highest BCUT2D eigenvalue weighted by Gasteiger charge is 2.17. The van der Waals surface area contributed by atoms with Gasteiger partial charge in [-0.1, -0.05) is 19.1 Å². The van der Waals surface area contributed by atoms with E-state index < -0.39 is 0 Å². The molecule has 6 heteroatoms. The number of benzene rings is 2. The lowest BCUT2D eigenvalue weighted by Gasteiger charge is -2.36. The van der Waals surface area contributed by atoms with Crippen LogP contribution in [0.5, 0.6) is 11.5 Å². The molecule has 0 spiro atoms. The third-order valence-corrected chi connectivity index (χ3v) is 5.15. The number of amides is 1. The summed E-state index contributed by atoms with van der Waals surface area (Å²) in [6, 6.07) is 13.4. The fourth-order valence-electron chi connectivity index (χ4n) is 3.58. The fraction of sp³-hybridized carbons (Fsp3) is 0.435. The molecule has 0 aromatic heterocycles. The van der Waals surface area contributed by atoms with Crippen LogP contribution in [-0.4, -0.2) is 56.7 Å². The average Bonchev–Trinajstić information content (AvgIpc) is 2.74. The maximum absolute atomic E-state index is 12.3. The van der Waals surface area contributed by atoms with Crippen molar-refractivity contribution in [2.75, 3.05) is 56.2 Å². The van der Waals surface area contributed by atoms with Crippen LogP contribution in [0, 0.1) is 6.92 Å². The number of ether oxygens (including phenoxy) is 2. The summed E-state index contributed by atoms with van der Waals surface area (Å²) < 4.78 is 11.2. The number of para-hydroxylation sites is 2. The number of nitrogens with one attached hydrogen (secondary N) is 1. The summed E-state index contributed by atoms with van der Waals surface area (Å²) >= 11 is 0. The highest BCUT2D eigenvalue weighted by Crippen LogP contribution is 2.27. The minimum atomic E-state index is -0.194. The van der Waals surface area contributed by atoms with Gasteiger partial charge in [0.1, 0.15) is 0 Å². The van der Waals surface area contributed by atoms with Gasteiger partial charge in [-0.15, -0.1) is 0 Å². The fourth-order valence-corrected chi connectivity index (χ4v) is 3.58. The predicted octanol–water partition coefficient (Wildman–Crippen LogP) is 3.55. The minimum Gasteiger partial charge on any atom is -0.490 e. The monoisotopic (exact) mass is 397 g/mol. The quantitative estimate of drug-likeness (QED) is 0.738. The van der Waals surface area contributed by atoms with Crippen molar-refractivity contribution in [2.24, 2.45) is 0 Å². The highest BCUT2D eigenvalue weighted by atomic mass is 16.5. The SMILES string of the molecule is CCOc1ccccc1OCC(=O)Nc1ccc(N2CCN(CC)CC2)c(C)c1. The number of hydrogen-bond acceptors (Lipinski definition) is 5. The predicted molar refractivity (Wildman–Crippen MR) is 117 cm³/mol. The summed E-state index contributed by atoms with van der Waals surface area (Å²) in [6.07, 6.45) is 0. The lowest BCUT2D eigenvalue weighted by Crippen LogP contribution is -2.46. The molecule has 1 aliphatic rings. The molecule has 0 bridgehead atoms. The molecule has 0 saturated carbocycles. The summed E-state index contributed by atoms with van der Waals surface area (Å²) in [5.74, 6) is 1.02. The van der Waals surface area contributed by atoms with E-state index in [9.17, 15) is 4.79 Å². The van der Waals surface area contributed by atoms with Gasteiger partial charge in [0.25, 0.3) is 5.91 Å². The van der Waals surface area contributed by atoms with Crippen molar-refractivity contribution < 1.29 is 14.3 Å². The number of nitrogens with zero attached hydrogens (tertiary/aromatic N) is 2. The second-order valence-corrected chi connectivity index (χ2v) is 7.14. The Morgan fingerprint density at radius 3 is 2.31 bits per heavy atom. The van der Waals surface area contributed by atoms with Gasteiger partial charge < -0.3 is 24.6 Å². The Morgan fingerprint density at radius 2 is 1.69 bits per heavy atom. The number of rotatable bonds is 8. The summed E-state index contributed by atoms with van der Waals surface area (Å²) in [5, 5.41) is 2.92. The van der Waals surface area contributed by atoms with Gasteiger partial charge in [0.05, 0.1) is 6.61 Å². The molecule has 0 radical (unpaired) electrons. The normalized spacial score (nSPS) is 14.5. The van der Waals surface area contributed by atoms with E-state index in [0.29, 0.717) is 18.1 Å². The highest BCUT2D eigenvalue weighted by molar-refractivity contribution is 5.92. The van der Waals surface area contributed by atoms with Crippen LogP contribution in [0.4, 0.5) is 11.4 Å². The first kappa shape index (κ1) is 21.0. The van der Waals surface area contributed by atoms with Crippen LogP contribution in [-0.2, 0) is 4.79 Å². The molecule has 2 aromatic rings. The number of piperazine rings is 1. The second kappa shape index (κ2) is 10.2. The molecule has 3 rings (SSSR count). The first-order chi connectivity index (χ1) is 14.1. The third-order valence-electron chi connectivity index (χ3n) is 5.15. The van der Waals surface area contributed by atoms with Gasteiger partial charge in [-0.3, -0.25) is 4.79 Å².